The number of hydrogen-bond donors (Lipinski definition) is 1. The third-order valence-electron chi connectivity index (χ3n) is 2.97. The van der Waals surface area contributed by atoms with Crippen LogP contribution in [0.1, 0.15) is 26.5 Å². The standard InChI is InChI=1S/C14H15F3N2/c1-14(2,3)10-6-8(18-4)11-9(19-10)5-7(15)12(16)13(11)17/h5-6H,1-4H3,(H,18,19). The predicted molar refractivity (Wildman–Crippen MR) is 69.9 cm³/mol. The molecule has 1 aromatic heterocycles. The molecular formula is C14H15F3N2. The molecule has 0 aliphatic rings. The van der Waals surface area contributed by atoms with Gasteiger partial charge in [0.25, 0.3) is 0 Å². The lowest BCUT2D eigenvalue weighted by molar-refractivity contribution is 0.453. The highest BCUT2D eigenvalue weighted by atomic mass is 19.2. The molecule has 19 heavy (non-hydrogen) atoms. The Hall–Kier alpha value is -1.78. The quantitative estimate of drug-likeness (QED) is 0.791. The summed E-state index contributed by atoms with van der Waals surface area (Å²) >= 11 is 0. The lowest BCUT2D eigenvalue weighted by atomic mass is 9.90. The maximum absolute atomic E-state index is 13.8. The van der Waals surface area contributed by atoms with Gasteiger partial charge in [-0.05, 0) is 6.07 Å². The number of fused-ring (bicyclic) bond motifs is 1. The van der Waals surface area contributed by atoms with Gasteiger partial charge < -0.3 is 5.32 Å². The molecular weight excluding hydrogens is 253 g/mol. The molecule has 2 nitrogen and oxygen atoms in total. The van der Waals surface area contributed by atoms with Crippen LogP contribution in [0.15, 0.2) is 12.1 Å². The van der Waals surface area contributed by atoms with Crippen LogP contribution in [0.25, 0.3) is 10.9 Å². The lowest BCUT2D eigenvalue weighted by Crippen LogP contribution is -2.14. The third-order valence-corrected chi connectivity index (χ3v) is 2.97. The summed E-state index contributed by atoms with van der Waals surface area (Å²) in [5.41, 5.74) is 0.899. The van der Waals surface area contributed by atoms with Gasteiger partial charge in [-0.25, -0.2) is 13.2 Å². The summed E-state index contributed by atoms with van der Waals surface area (Å²) in [6.07, 6.45) is 0. The maximum atomic E-state index is 13.8. The van der Waals surface area contributed by atoms with E-state index in [1.165, 1.54) is 0 Å². The first-order valence-electron chi connectivity index (χ1n) is 5.92. The van der Waals surface area contributed by atoms with E-state index in [1.807, 2.05) is 20.8 Å². The molecule has 1 N–H and O–H groups in total. The number of rotatable bonds is 1. The number of benzene rings is 1. The predicted octanol–water partition coefficient (Wildman–Crippen LogP) is 3.99. The van der Waals surface area contributed by atoms with E-state index in [4.69, 9.17) is 0 Å². The van der Waals surface area contributed by atoms with Gasteiger partial charge >= 0.3 is 0 Å². The van der Waals surface area contributed by atoms with Gasteiger partial charge in [0.2, 0.25) is 0 Å². The minimum Gasteiger partial charge on any atom is -0.387 e. The molecule has 0 aliphatic carbocycles. The van der Waals surface area contributed by atoms with Crippen molar-refractivity contribution in [2.75, 3.05) is 12.4 Å². The topological polar surface area (TPSA) is 24.9 Å². The Bertz CT molecular complexity index is 645. The summed E-state index contributed by atoms with van der Waals surface area (Å²) in [6, 6.07) is 2.58. The molecule has 2 rings (SSSR count). The number of hydrogen-bond acceptors (Lipinski definition) is 2. The molecule has 0 bridgehead atoms. The van der Waals surface area contributed by atoms with E-state index in [0.29, 0.717) is 11.4 Å². The van der Waals surface area contributed by atoms with Crippen LogP contribution in [0.5, 0.6) is 0 Å². The zero-order valence-electron chi connectivity index (χ0n) is 11.2. The number of nitrogens with zero attached hydrogens (tertiary/aromatic N) is 1. The summed E-state index contributed by atoms with van der Waals surface area (Å²) in [4.78, 5) is 4.23. The largest absolute Gasteiger partial charge is 0.387 e. The minimum atomic E-state index is -1.48. The molecule has 5 heteroatoms. The first kappa shape index (κ1) is 13.6. The molecule has 0 unspecified atom stereocenters. The van der Waals surface area contributed by atoms with Crippen molar-refractivity contribution in [2.24, 2.45) is 0 Å². The Labute approximate surface area is 109 Å². The van der Waals surface area contributed by atoms with Crippen molar-refractivity contribution >= 4 is 16.6 Å². The zero-order chi connectivity index (χ0) is 14.4. The van der Waals surface area contributed by atoms with Crippen LogP contribution < -0.4 is 5.32 Å². The van der Waals surface area contributed by atoms with Crippen molar-refractivity contribution in [3.63, 3.8) is 0 Å². The van der Waals surface area contributed by atoms with Crippen LogP contribution in [0.3, 0.4) is 0 Å². The zero-order valence-corrected chi connectivity index (χ0v) is 11.2. The fraction of sp³-hybridized carbons (Fsp3) is 0.357. The van der Waals surface area contributed by atoms with E-state index in [9.17, 15) is 13.2 Å². The highest BCUT2D eigenvalue weighted by Gasteiger charge is 2.22. The second-order valence-corrected chi connectivity index (χ2v) is 5.44. The smallest absolute Gasteiger partial charge is 0.195 e. The molecule has 0 aliphatic heterocycles. The Balaban J connectivity index is 2.89. The molecule has 0 radical (unpaired) electrons. The van der Waals surface area contributed by atoms with Gasteiger partial charge in [-0.15, -0.1) is 0 Å². The second kappa shape index (κ2) is 4.40. The maximum Gasteiger partial charge on any atom is 0.195 e. The molecule has 2 aromatic rings. The molecule has 0 atom stereocenters. The van der Waals surface area contributed by atoms with E-state index in [0.717, 1.165) is 6.07 Å². The van der Waals surface area contributed by atoms with Gasteiger partial charge in [0, 0.05) is 29.9 Å². The van der Waals surface area contributed by atoms with Gasteiger partial charge in [0.05, 0.1) is 10.9 Å². The van der Waals surface area contributed by atoms with Gasteiger partial charge in [-0.3, -0.25) is 4.98 Å². The molecule has 0 fully saturated rings. The van der Waals surface area contributed by atoms with Crippen LogP contribution in [0.4, 0.5) is 18.9 Å². The molecule has 0 amide bonds. The molecule has 0 saturated heterocycles. The van der Waals surface area contributed by atoms with E-state index in [1.54, 1.807) is 13.1 Å². The molecule has 0 spiro atoms. The van der Waals surface area contributed by atoms with Crippen LogP contribution in [0, 0.1) is 17.5 Å². The Kier molecular flexibility index (Phi) is 3.16. The van der Waals surface area contributed by atoms with Crippen molar-refractivity contribution < 1.29 is 13.2 Å². The van der Waals surface area contributed by atoms with E-state index < -0.39 is 17.5 Å². The lowest BCUT2D eigenvalue weighted by Gasteiger charge is -2.20. The Morgan fingerprint density at radius 3 is 2.21 bits per heavy atom. The number of halogens is 3. The van der Waals surface area contributed by atoms with Crippen LogP contribution >= 0.6 is 0 Å². The summed E-state index contributed by atoms with van der Waals surface area (Å²) in [5, 5.41) is 2.77. The summed E-state index contributed by atoms with van der Waals surface area (Å²) in [6.45, 7) is 5.82. The fourth-order valence-electron chi connectivity index (χ4n) is 1.88. The van der Waals surface area contributed by atoms with E-state index in [2.05, 4.69) is 10.3 Å². The van der Waals surface area contributed by atoms with Crippen molar-refractivity contribution in [3.8, 4) is 0 Å². The fourth-order valence-corrected chi connectivity index (χ4v) is 1.88. The average molecular weight is 268 g/mol. The van der Waals surface area contributed by atoms with Crippen molar-refractivity contribution in [1.82, 2.24) is 4.98 Å². The molecule has 102 valence electrons. The highest BCUT2D eigenvalue weighted by Crippen LogP contribution is 2.32. The summed E-state index contributed by atoms with van der Waals surface area (Å²) in [7, 11) is 1.60. The number of pyridine rings is 1. The van der Waals surface area contributed by atoms with E-state index >= 15 is 0 Å². The van der Waals surface area contributed by atoms with E-state index in [-0.39, 0.29) is 16.3 Å². The Morgan fingerprint density at radius 2 is 1.68 bits per heavy atom. The first-order valence-corrected chi connectivity index (χ1v) is 5.92. The molecule has 1 heterocycles. The van der Waals surface area contributed by atoms with Crippen molar-refractivity contribution in [2.45, 2.75) is 26.2 Å². The van der Waals surface area contributed by atoms with Crippen LogP contribution in [-0.4, -0.2) is 12.0 Å². The van der Waals surface area contributed by atoms with Gasteiger partial charge in [0.15, 0.2) is 17.5 Å². The van der Waals surface area contributed by atoms with Gasteiger partial charge in [-0.2, -0.15) is 0 Å². The van der Waals surface area contributed by atoms with Crippen molar-refractivity contribution in [3.05, 3.63) is 35.3 Å². The number of nitrogens with one attached hydrogen (secondary N) is 1. The average Bonchev–Trinajstić information content (AvgIpc) is 2.33. The van der Waals surface area contributed by atoms with Gasteiger partial charge in [-0.1, -0.05) is 20.8 Å². The number of aromatic nitrogens is 1. The molecule has 1 aromatic carbocycles. The van der Waals surface area contributed by atoms with Gasteiger partial charge in [0.1, 0.15) is 0 Å². The monoisotopic (exact) mass is 268 g/mol. The van der Waals surface area contributed by atoms with Crippen LogP contribution in [-0.2, 0) is 5.41 Å². The number of anilines is 1. The summed E-state index contributed by atoms with van der Waals surface area (Å²) < 4.78 is 40.4. The van der Waals surface area contributed by atoms with Crippen LogP contribution in [0.2, 0.25) is 0 Å². The Morgan fingerprint density at radius 1 is 1.05 bits per heavy atom. The minimum absolute atomic E-state index is 0.0330. The van der Waals surface area contributed by atoms with Crippen molar-refractivity contribution in [1.29, 1.82) is 0 Å². The normalized spacial score (nSPS) is 11.9. The second-order valence-electron chi connectivity index (χ2n) is 5.44. The first-order chi connectivity index (χ1) is 8.75. The highest BCUT2D eigenvalue weighted by molar-refractivity contribution is 5.92. The molecule has 0 saturated carbocycles. The third kappa shape index (κ3) is 2.25. The summed E-state index contributed by atoms with van der Waals surface area (Å²) in [5.74, 6) is -3.92. The SMILES string of the molecule is CNc1cc(C(C)(C)C)nc2cc(F)c(F)c(F)c12.